The van der Waals surface area contributed by atoms with Crippen molar-refractivity contribution in [2.45, 2.75) is 37.5 Å². The van der Waals surface area contributed by atoms with Gasteiger partial charge in [0, 0.05) is 14.1 Å². The number of hydrogen-bond acceptors (Lipinski definition) is 3. The fourth-order valence-corrected chi connectivity index (χ4v) is 2.77. The first-order valence-corrected chi connectivity index (χ1v) is 7.12. The molecule has 1 amide bonds. The Balaban J connectivity index is 3.40. The van der Waals surface area contributed by atoms with E-state index in [1.807, 2.05) is 26.8 Å². The molecule has 0 radical (unpaired) electrons. The highest BCUT2D eigenvalue weighted by Gasteiger charge is 2.47. The molecule has 0 aromatic carbocycles. The standard InChI is InChI=1S/C16H25NO2S/c1-7-8-15(20)9-10-16(19,13(18)17(5)6)12(11-15)14(2,3)4/h7,9-11,19-20H,1,8H2,2-6H3. The number of aliphatic hydroxyl groups is 1. The van der Waals surface area contributed by atoms with Gasteiger partial charge in [0.25, 0.3) is 5.91 Å². The van der Waals surface area contributed by atoms with Gasteiger partial charge in [0.15, 0.2) is 5.60 Å². The molecule has 0 aromatic heterocycles. The highest BCUT2D eigenvalue weighted by molar-refractivity contribution is 7.82. The van der Waals surface area contributed by atoms with Crippen LogP contribution >= 0.6 is 12.6 Å². The van der Waals surface area contributed by atoms with Crippen LogP contribution in [0.15, 0.2) is 36.5 Å². The van der Waals surface area contributed by atoms with Gasteiger partial charge in [-0.05, 0) is 23.5 Å². The van der Waals surface area contributed by atoms with Gasteiger partial charge in [-0.2, -0.15) is 12.6 Å². The number of allylic oxidation sites excluding steroid dienone is 1. The van der Waals surface area contributed by atoms with E-state index in [1.54, 1.807) is 32.3 Å². The van der Waals surface area contributed by atoms with E-state index in [2.05, 4.69) is 19.2 Å². The molecule has 1 aliphatic rings. The topological polar surface area (TPSA) is 40.5 Å². The van der Waals surface area contributed by atoms with Crippen molar-refractivity contribution >= 4 is 18.5 Å². The smallest absolute Gasteiger partial charge is 0.262 e. The lowest BCUT2D eigenvalue weighted by molar-refractivity contribution is -0.141. The second-order valence-electron chi connectivity index (χ2n) is 6.59. The normalized spacial score (nSPS) is 29.9. The molecule has 3 nitrogen and oxygen atoms in total. The molecule has 112 valence electrons. The van der Waals surface area contributed by atoms with Crippen LogP contribution in [0.5, 0.6) is 0 Å². The maximum absolute atomic E-state index is 12.4. The predicted octanol–water partition coefficient (Wildman–Crippen LogP) is 2.59. The summed E-state index contributed by atoms with van der Waals surface area (Å²) in [5.41, 5.74) is -1.28. The summed E-state index contributed by atoms with van der Waals surface area (Å²) in [6, 6.07) is 0. The third kappa shape index (κ3) is 3.18. The Labute approximate surface area is 127 Å². The third-order valence-corrected chi connectivity index (χ3v) is 3.89. The molecule has 1 N–H and O–H groups in total. The average molecular weight is 295 g/mol. The number of amides is 1. The second kappa shape index (κ2) is 5.41. The molecule has 2 atom stereocenters. The monoisotopic (exact) mass is 295 g/mol. The zero-order chi connectivity index (χ0) is 15.8. The molecule has 0 heterocycles. The SMILES string of the molecule is C=CCC1(S)C=CC(O)(C(=O)N(C)C)C(C(C)(C)C)=C1. The van der Waals surface area contributed by atoms with Crippen molar-refractivity contribution in [3.63, 3.8) is 0 Å². The molecular weight excluding hydrogens is 270 g/mol. The Morgan fingerprint density at radius 3 is 2.40 bits per heavy atom. The molecule has 20 heavy (non-hydrogen) atoms. The van der Waals surface area contributed by atoms with E-state index in [0.29, 0.717) is 12.0 Å². The van der Waals surface area contributed by atoms with Crippen molar-refractivity contribution in [2.75, 3.05) is 14.1 Å². The van der Waals surface area contributed by atoms with E-state index >= 15 is 0 Å². The van der Waals surface area contributed by atoms with Gasteiger partial charge in [-0.15, -0.1) is 6.58 Å². The van der Waals surface area contributed by atoms with Gasteiger partial charge in [-0.3, -0.25) is 4.79 Å². The van der Waals surface area contributed by atoms with Crippen LogP contribution in [0.4, 0.5) is 0 Å². The zero-order valence-electron chi connectivity index (χ0n) is 13.0. The third-order valence-electron chi connectivity index (χ3n) is 3.43. The van der Waals surface area contributed by atoms with Crippen LogP contribution < -0.4 is 0 Å². The van der Waals surface area contributed by atoms with Gasteiger partial charge in [0.2, 0.25) is 0 Å². The summed E-state index contributed by atoms with van der Waals surface area (Å²) in [5.74, 6) is -0.344. The fourth-order valence-electron chi connectivity index (χ4n) is 2.44. The summed E-state index contributed by atoms with van der Waals surface area (Å²) in [7, 11) is 3.28. The largest absolute Gasteiger partial charge is 0.372 e. The molecule has 2 unspecified atom stereocenters. The van der Waals surface area contributed by atoms with Crippen LogP contribution in [-0.4, -0.2) is 40.4 Å². The van der Waals surface area contributed by atoms with Crippen LogP contribution in [-0.2, 0) is 4.79 Å². The minimum Gasteiger partial charge on any atom is -0.372 e. The quantitative estimate of drug-likeness (QED) is 0.620. The van der Waals surface area contributed by atoms with Crippen LogP contribution in [0.3, 0.4) is 0 Å². The molecule has 4 heteroatoms. The lowest BCUT2D eigenvalue weighted by atomic mass is 9.70. The first-order valence-electron chi connectivity index (χ1n) is 6.68. The maximum Gasteiger partial charge on any atom is 0.262 e. The lowest BCUT2D eigenvalue weighted by Crippen LogP contribution is -2.51. The van der Waals surface area contributed by atoms with E-state index < -0.39 is 10.3 Å². The Morgan fingerprint density at radius 2 is 2.00 bits per heavy atom. The molecule has 0 spiro atoms. The highest BCUT2D eigenvalue weighted by atomic mass is 32.1. The number of likely N-dealkylation sites (N-methyl/N-ethyl adjacent to an activating group) is 1. The van der Waals surface area contributed by atoms with Gasteiger partial charge in [-0.1, -0.05) is 39.0 Å². The Hall–Kier alpha value is -1.00. The number of carbonyl (C=O) groups is 1. The van der Waals surface area contributed by atoms with E-state index in [1.165, 1.54) is 4.90 Å². The molecule has 0 aromatic rings. The van der Waals surface area contributed by atoms with E-state index in [-0.39, 0.29) is 11.3 Å². The van der Waals surface area contributed by atoms with Gasteiger partial charge < -0.3 is 10.0 Å². The summed E-state index contributed by atoms with van der Waals surface area (Å²) >= 11 is 4.65. The van der Waals surface area contributed by atoms with Crippen LogP contribution in [0, 0.1) is 5.41 Å². The maximum atomic E-state index is 12.4. The molecule has 1 aliphatic carbocycles. The highest BCUT2D eigenvalue weighted by Crippen LogP contribution is 2.43. The number of thiol groups is 1. The zero-order valence-corrected chi connectivity index (χ0v) is 13.9. The first-order chi connectivity index (χ1) is 8.96. The molecular formula is C16H25NO2S. The van der Waals surface area contributed by atoms with E-state index in [4.69, 9.17) is 0 Å². The van der Waals surface area contributed by atoms with Crippen molar-refractivity contribution < 1.29 is 9.90 Å². The molecule has 0 aliphatic heterocycles. The van der Waals surface area contributed by atoms with Gasteiger partial charge in [-0.25, -0.2) is 0 Å². The Bertz CT molecular complexity index is 473. The molecule has 0 saturated heterocycles. The van der Waals surface area contributed by atoms with Gasteiger partial charge in [0.05, 0.1) is 4.75 Å². The fraction of sp³-hybridized carbons (Fsp3) is 0.562. The van der Waals surface area contributed by atoms with Crippen molar-refractivity contribution in [2.24, 2.45) is 5.41 Å². The van der Waals surface area contributed by atoms with Gasteiger partial charge in [0.1, 0.15) is 0 Å². The van der Waals surface area contributed by atoms with Crippen molar-refractivity contribution in [3.05, 3.63) is 36.5 Å². The summed E-state index contributed by atoms with van der Waals surface area (Å²) in [6.07, 6.45) is 7.64. The summed E-state index contributed by atoms with van der Waals surface area (Å²) < 4.78 is -0.511. The van der Waals surface area contributed by atoms with Crippen LogP contribution in [0.25, 0.3) is 0 Å². The summed E-state index contributed by atoms with van der Waals surface area (Å²) in [4.78, 5) is 13.8. The number of carbonyl (C=O) groups excluding carboxylic acids is 1. The van der Waals surface area contributed by atoms with Crippen LogP contribution in [0.1, 0.15) is 27.2 Å². The minimum absolute atomic E-state index is 0.344. The van der Waals surface area contributed by atoms with Crippen LogP contribution in [0.2, 0.25) is 0 Å². The van der Waals surface area contributed by atoms with E-state index in [0.717, 1.165) is 0 Å². The minimum atomic E-state index is -1.60. The first kappa shape index (κ1) is 17.1. The lowest BCUT2D eigenvalue weighted by Gasteiger charge is -2.41. The molecule has 0 saturated carbocycles. The van der Waals surface area contributed by atoms with E-state index in [9.17, 15) is 9.90 Å². The molecule has 0 bridgehead atoms. The Morgan fingerprint density at radius 1 is 1.45 bits per heavy atom. The van der Waals surface area contributed by atoms with Crippen molar-refractivity contribution in [3.8, 4) is 0 Å². The number of hydrogen-bond donors (Lipinski definition) is 2. The summed E-state index contributed by atoms with van der Waals surface area (Å²) in [5, 5.41) is 10.9. The molecule has 0 fully saturated rings. The Kier molecular flexibility index (Phi) is 4.62. The van der Waals surface area contributed by atoms with Gasteiger partial charge >= 0.3 is 0 Å². The summed E-state index contributed by atoms with van der Waals surface area (Å²) in [6.45, 7) is 9.68. The number of nitrogens with zero attached hydrogens (tertiary/aromatic N) is 1. The number of rotatable bonds is 3. The van der Waals surface area contributed by atoms with Crippen molar-refractivity contribution in [1.29, 1.82) is 0 Å². The second-order valence-corrected chi connectivity index (χ2v) is 7.42. The average Bonchev–Trinajstić information content (AvgIpc) is 2.31. The predicted molar refractivity (Wildman–Crippen MR) is 86.9 cm³/mol. The molecule has 1 rings (SSSR count). The van der Waals surface area contributed by atoms with Crippen molar-refractivity contribution in [1.82, 2.24) is 4.90 Å².